The van der Waals surface area contributed by atoms with Crippen molar-refractivity contribution < 1.29 is 4.42 Å². The van der Waals surface area contributed by atoms with Crippen LogP contribution in [0.1, 0.15) is 30.4 Å². The van der Waals surface area contributed by atoms with Gasteiger partial charge >= 0.3 is 0 Å². The average molecular weight is 264 g/mol. The van der Waals surface area contributed by atoms with Gasteiger partial charge in [-0.05, 0) is 45.0 Å². The van der Waals surface area contributed by atoms with Crippen LogP contribution in [0.15, 0.2) is 21.5 Å². The van der Waals surface area contributed by atoms with Crippen LogP contribution in [-0.2, 0) is 0 Å². The molecule has 19 heavy (non-hydrogen) atoms. The van der Waals surface area contributed by atoms with Crippen LogP contribution in [0.5, 0.6) is 0 Å². The van der Waals surface area contributed by atoms with E-state index in [9.17, 15) is 0 Å². The quantitative estimate of drug-likeness (QED) is 0.663. The van der Waals surface area contributed by atoms with Gasteiger partial charge < -0.3 is 15.1 Å². The number of nitrogens with zero attached hydrogens (tertiary/aromatic N) is 3. The first-order chi connectivity index (χ1) is 9.08. The van der Waals surface area contributed by atoms with Crippen molar-refractivity contribution in [3.8, 4) is 0 Å². The molecular weight excluding hydrogens is 240 g/mol. The van der Waals surface area contributed by atoms with E-state index >= 15 is 0 Å². The summed E-state index contributed by atoms with van der Waals surface area (Å²) in [6, 6.07) is 4.27. The second-order valence-corrected chi connectivity index (χ2v) is 5.30. The maximum absolute atomic E-state index is 5.87. The Bertz CT molecular complexity index is 432. The van der Waals surface area contributed by atoms with Gasteiger partial charge in [0.05, 0.1) is 12.6 Å². The molecule has 1 saturated heterocycles. The normalized spacial score (nSPS) is 18.8. The third-order valence-corrected chi connectivity index (χ3v) is 3.56. The minimum absolute atomic E-state index is 0.203. The molecule has 1 aliphatic rings. The Balaban J connectivity index is 2.12. The van der Waals surface area contributed by atoms with Crippen molar-refractivity contribution in [1.29, 1.82) is 0 Å². The van der Waals surface area contributed by atoms with Crippen molar-refractivity contribution >= 4 is 5.96 Å². The molecule has 1 atom stereocenters. The molecule has 0 radical (unpaired) electrons. The summed E-state index contributed by atoms with van der Waals surface area (Å²) < 4.78 is 5.79. The molecule has 2 heterocycles. The summed E-state index contributed by atoms with van der Waals surface area (Å²) in [5.74, 6) is 2.51. The summed E-state index contributed by atoms with van der Waals surface area (Å²) in [6.07, 6.45) is 2.51. The van der Waals surface area contributed by atoms with Crippen molar-refractivity contribution in [2.75, 3.05) is 33.7 Å². The highest BCUT2D eigenvalue weighted by Gasteiger charge is 2.25. The molecule has 1 aliphatic heterocycles. The van der Waals surface area contributed by atoms with Crippen LogP contribution >= 0.6 is 0 Å². The second kappa shape index (κ2) is 6.10. The Labute approximate surface area is 115 Å². The van der Waals surface area contributed by atoms with Crippen LogP contribution in [-0.4, -0.2) is 49.5 Å². The summed E-state index contributed by atoms with van der Waals surface area (Å²) in [7, 11) is 3.81. The fourth-order valence-corrected chi connectivity index (χ4v) is 2.39. The predicted octanol–water partition coefficient (Wildman–Crippen LogP) is 1.60. The van der Waals surface area contributed by atoms with E-state index in [1.807, 2.05) is 32.0 Å². The fraction of sp³-hybridized carbons (Fsp3) is 0.643. The summed E-state index contributed by atoms with van der Waals surface area (Å²) >= 11 is 0. The number of rotatable bonds is 4. The smallest absolute Gasteiger partial charge is 0.190 e. The molecule has 0 aliphatic carbocycles. The lowest BCUT2D eigenvalue weighted by Gasteiger charge is -2.24. The van der Waals surface area contributed by atoms with Crippen LogP contribution in [0, 0.1) is 6.92 Å². The van der Waals surface area contributed by atoms with E-state index < -0.39 is 0 Å². The van der Waals surface area contributed by atoms with Crippen LogP contribution in [0.2, 0.25) is 0 Å². The Kier molecular flexibility index (Phi) is 4.47. The molecule has 106 valence electrons. The minimum atomic E-state index is 0.203. The molecule has 2 N–H and O–H groups in total. The maximum atomic E-state index is 5.87. The SMILES string of the molecule is Cc1ccc(C(CN=C(N)N(C)C)N2CCCC2)o1. The van der Waals surface area contributed by atoms with Gasteiger partial charge in [-0.3, -0.25) is 9.89 Å². The molecule has 1 fully saturated rings. The standard InChI is InChI=1S/C14H24N4O/c1-11-6-7-13(19-11)12(18-8-4-5-9-18)10-16-14(15)17(2)3/h6-7,12H,4-5,8-10H2,1-3H3,(H2,15,16). The van der Waals surface area contributed by atoms with Gasteiger partial charge in [-0.25, -0.2) is 0 Å². The van der Waals surface area contributed by atoms with E-state index in [1.54, 1.807) is 0 Å². The number of aliphatic imine (C=N–C) groups is 1. The zero-order chi connectivity index (χ0) is 13.8. The van der Waals surface area contributed by atoms with Gasteiger partial charge in [0.1, 0.15) is 11.5 Å². The number of furan rings is 1. The van der Waals surface area contributed by atoms with Gasteiger partial charge in [0.25, 0.3) is 0 Å². The summed E-state index contributed by atoms with van der Waals surface area (Å²) in [4.78, 5) is 8.74. The molecule has 5 nitrogen and oxygen atoms in total. The van der Waals surface area contributed by atoms with E-state index in [2.05, 4.69) is 16.0 Å². The molecule has 0 spiro atoms. The van der Waals surface area contributed by atoms with Crippen LogP contribution in [0.4, 0.5) is 0 Å². The molecule has 1 aromatic rings. The number of hydrogen-bond donors (Lipinski definition) is 1. The Morgan fingerprint density at radius 2 is 2.11 bits per heavy atom. The van der Waals surface area contributed by atoms with Gasteiger partial charge in [-0.2, -0.15) is 0 Å². The number of nitrogens with two attached hydrogens (primary N) is 1. The first-order valence-electron chi connectivity index (χ1n) is 6.85. The largest absolute Gasteiger partial charge is 0.465 e. The van der Waals surface area contributed by atoms with Crippen molar-refractivity contribution in [3.05, 3.63) is 23.7 Å². The van der Waals surface area contributed by atoms with Gasteiger partial charge in [-0.15, -0.1) is 0 Å². The lowest BCUT2D eigenvalue weighted by molar-refractivity contribution is 0.219. The summed E-state index contributed by atoms with van der Waals surface area (Å²) in [5, 5.41) is 0. The zero-order valence-corrected chi connectivity index (χ0v) is 12.1. The number of hydrogen-bond acceptors (Lipinski definition) is 3. The molecule has 5 heteroatoms. The third kappa shape index (κ3) is 3.50. The van der Waals surface area contributed by atoms with Crippen LogP contribution in [0.3, 0.4) is 0 Å². The highest BCUT2D eigenvalue weighted by atomic mass is 16.3. The van der Waals surface area contributed by atoms with E-state index in [0.717, 1.165) is 24.6 Å². The lowest BCUT2D eigenvalue weighted by Crippen LogP contribution is -2.33. The summed E-state index contributed by atoms with van der Waals surface area (Å²) in [5.41, 5.74) is 5.87. The molecule has 0 aromatic carbocycles. The molecule has 1 unspecified atom stereocenters. The molecule has 2 rings (SSSR count). The predicted molar refractivity (Wildman–Crippen MR) is 77.2 cm³/mol. The first kappa shape index (κ1) is 13.9. The van der Waals surface area contributed by atoms with Gasteiger partial charge in [0.15, 0.2) is 5.96 Å². The molecular formula is C14H24N4O. The maximum Gasteiger partial charge on any atom is 0.190 e. The van der Waals surface area contributed by atoms with Crippen molar-refractivity contribution in [1.82, 2.24) is 9.80 Å². The van der Waals surface area contributed by atoms with E-state index in [1.165, 1.54) is 12.8 Å². The molecule has 0 amide bonds. The summed E-state index contributed by atoms with van der Waals surface area (Å²) in [6.45, 7) is 4.85. The fourth-order valence-electron chi connectivity index (χ4n) is 2.39. The monoisotopic (exact) mass is 264 g/mol. The van der Waals surface area contributed by atoms with E-state index in [4.69, 9.17) is 10.2 Å². The van der Waals surface area contributed by atoms with Gasteiger partial charge in [0, 0.05) is 14.1 Å². The van der Waals surface area contributed by atoms with Crippen molar-refractivity contribution in [2.45, 2.75) is 25.8 Å². The van der Waals surface area contributed by atoms with Crippen molar-refractivity contribution in [2.24, 2.45) is 10.7 Å². The molecule has 0 saturated carbocycles. The Hall–Kier alpha value is -1.49. The third-order valence-electron chi connectivity index (χ3n) is 3.56. The highest BCUT2D eigenvalue weighted by Crippen LogP contribution is 2.26. The number of guanidine groups is 1. The highest BCUT2D eigenvalue weighted by molar-refractivity contribution is 5.77. The minimum Gasteiger partial charge on any atom is -0.465 e. The van der Waals surface area contributed by atoms with Crippen molar-refractivity contribution in [3.63, 3.8) is 0 Å². The second-order valence-electron chi connectivity index (χ2n) is 5.30. The zero-order valence-electron chi connectivity index (χ0n) is 12.1. The van der Waals surface area contributed by atoms with Crippen LogP contribution in [0.25, 0.3) is 0 Å². The lowest BCUT2D eigenvalue weighted by atomic mass is 10.2. The topological polar surface area (TPSA) is 58.0 Å². The average Bonchev–Trinajstić information content (AvgIpc) is 3.01. The first-order valence-corrected chi connectivity index (χ1v) is 6.85. The molecule has 1 aromatic heterocycles. The van der Waals surface area contributed by atoms with E-state index in [-0.39, 0.29) is 6.04 Å². The van der Waals surface area contributed by atoms with Gasteiger partial charge in [-0.1, -0.05) is 0 Å². The number of likely N-dealkylation sites (tertiary alicyclic amines) is 1. The Morgan fingerprint density at radius 3 is 2.63 bits per heavy atom. The molecule has 0 bridgehead atoms. The van der Waals surface area contributed by atoms with Gasteiger partial charge in [0.2, 0.25) is 0 Å². The van der Waals surface area contributed by atoms with Crippen LogP contribution < -0.4 is 5.73 Å². The Morgan fingerprint density at radius 1 is 1.42 bits per heavy atom. The number of aryl methyl sites for hydroxylation is 1. The van der Waals surface area contributed by atoms with E-state index in [0.29, 0.717) is 12.5 Å².